The van der Waals surface area contributed by atoms with Gasteiger partial charge in [0.1, 0.15) is 5.82 Å². The molecule has 2 aromatic carbocycles. The molecule has 3 heteroatoms. The van der Waals surface area contributed by atoms with Gasteiger partial charge < -0.3 is 0 Å². The topological polar surface area (TPSA) is 37.3 Å². The summed E-state index contributed by atoms with van der Waals surface area (Å²) in [5.41, 5.74) is 3.96. The Balaban J connectivity index is 1.78. The summed E-state index contributed by atoms with van der Waals surface area (Å²) < 4.78 is 0. The Morgan fingerprint density at radius 1 is 0.895 bits per heavy atom. The van der Waals surface area contributed by atoms with Crippen LogP contribution in [0, 0.1) is 0 Å². The standard InChI is InChI=1S/C16H13N3/c1-2-6-15-11-13(8-9-14(15)5-1)12-18-19-16-7-3-4-10-17-16/h1-12H,(H,17,19)/b18-12-. The molecule has 0 spiro atoms. The average Bonchev–Trinajstić information content (AvgIpc) is 2.48. The largest absolute Gasteiger partial charge is 0.261 e. The highest BCUT2D eigenvalue weighted by molar-refractivity contribution is 5.90. The van der Waals surface area contributed by atoms with Crippen LogP contribution in [-0.2, 0) is 0 Å². The van der Waals surface area contributed by atoms with E-state index < -0.39 is 0 Å². The number of rotatable bonds is 3. The number of fused-ring (bicyclic) bond motifs is 1. The molecule has 0 amide bonds. The van der Waals surface area contributed by atoms with Gasteiger partial charge in [0.2, 0.25) is 0 Å². The van der Waals surface area contributed by atoms with Crippen molar-refractivity contribution in [2.75, 3.05) is 5.43 Å². The summed E-state index contributed by atoms with van der Waals surface area (Å²) in [5, 5.41) is 6.63. The van der Waals surface area contributed by atoms with E-state index in [9.17, 15) is 0 Å². The van der Waals surface area contributed by atoms with Gasteiger partial charge in [0.15, 0.2) is 0 Å². The third-order valence-electron chi connectivity index (χ3n) is 2.83. The Labute approximate surface area is 111 Å². The first-order valence-electron chi connectivity index (χ1n) is 6.11. The van der Waals surface area contributed by atoms with E-state index in [1.165, 1.54) is 10.8 Å². The SMILES string of the molecule is C(=N/Nc1ccccn1)/c1ccc2ccccc2c1. The maximum atomic E-state index is 4.18. The van der Waals surface area contributed by atoms with Gasteiger partial charge in [-0.2, -0.15) is 5.10 Å². The second-order valence-electron chi connectivity index (χ2n) is 4.19. The van der Waals surface area contributed by atoms with Crippen LogP contribution in [0.5, 0.6) is 0 Å². The predicted molar refractivity (Wildman–Crippen MR) is 79.4 cm³/mol. The molecule has 1 heterocycles. The zero-order chi connectivity index (χ0) is 12.9. The monoisotopic (exact) mass is 247 g/mol. The minimum atomic E-state index is 0.736. The summed E-state index contributed by atoms with van der Waals surface area (Å²) in [5.74, 6) is 0.736. The number of hydrogen-bond acceptors (Lipinski definition) is 3. The Morgan fingerprint density at radius 2 is 1.74 bits per heavy atom. The average molecular weight is 247 g/mol. The molecule has 0 atom stereocenters. The van der Waals surface area contributed by atoms with Crippen molar-refractivity contribution in [3.05, 3.63) is 72.4 Å². The lowest BCUT2D eigenvalue weighted by Crippen LogP contribution is -1.92. The molecular formula is C16H13N3. The second kappa shape index (κ2) is 5.31. The van der Waals surface area contributed by atoms with E-state index in [1.54, 1.807) is 12.4 Å². The van der Waals surface area contributed by atoms with Crippen molar-refractivity contribution in [1.29, 1.82) is 0 Å². The van der Waals surface area contributed by atoms with Crippen molar-refractivity contribution in [3.8, 4) is 0 Å². The Bertz CT molecular complexity index is 705. The molecule has 0 saturated carbocycles. The third-order valence-corrected chi connectivity index (χ3v) is 2.83. The first-order valence-corrected chi connectivity index (χ1v) is 6.11. The number of hydrogen-bond donors (Lipinski definition) is 1. The van der Waals surface area contributed by atoms with Crippen LogP contribution in [0.4, 0.5) is 5.82 Å². The van der Waals surface area contributed by atoms with E-state index in [1.807, 2.05) is 36.4 Å². The molecule has 0 aliphatic rings. The minimum absolute atomic E-state index is 0.736. The smallest absolute Gasteiger partial charge is 0.146 e. The number of nitrogens with one attached hydrogen (secondary N) is 1. The summed E-state index contributed by atoms with van der Waals surface area (Å²) in [7, 11) is 0. The van der Waals surface area contributed by atoms with Crippen LogP contribution in [0.15, 0.2) is 72.0 Å². The molecule has 0 fully saturated rings. The highest BCUT2D eigenvalue weighted by atomic mass is 15.3. The van der Waals surface area contributed by atoms with Gasteiger partial charge in [-0.25, -0.2) is 4.98 Å². The van der Waals surface area contributed by atoms with E-state index in [4.69, 9.17) is 0 Å². The predicted octanol–water partition coefficient (Wildman–Crippen LogP) is 3.68. The summed E-state index contributed by atoms with van der Waals surface area (Å²) in [4.78, 5) is 4.13. The lowest BCUT2D eigenvalue weighted by molar-refractivity contribution is 1.23. The molecular weight excluding hydrogens is 234 g/mol. The van der Waals surface area contributed by atoms with E-state index in [-0.39, 0.29) is 0 Å². The Morgan fingerprint density at radius 3 is 2.58 bits per heavy atom. The van der Waals surface area contributed by atoms with Crippen molar-refractivity contribution in [2.24, 2.45) is 5.10 Å². The van der Waals surface area contributed by atoms with Gasteiger partial charge in [-0.15, -0.1) is 0 Å². The second-order valence-corrected chi connectivity index (χ2v) is 4.19. The van der Waals surface area contributed by atoms with Gasteiger partial charge in [-0.1, -0.05) is 42.5 Å². The molecule has 0 aliphatic carbocycles. The molecule has 3 nitrogen and oxygen atoms in total. The van der Waals surface area contributed by atoms with Crippen molar-refractivity contribution in [1.82, 2.24) is 4.98 Å². The van der Waals surface area contributed by atoms with Crippen molar-refractivity contribution in [3.63, 3.8) is 0 Å². The van der Waals surface area contributed by atoms with Crippen LogP contribution >= 0.6 is 0 Å². The van der Waals surface area contributed by atoms with Gasteiger partial charge in [0, 0.05) is 6.20 Å². The van der Waals surface area contributed by atoms with Crippen molar-refractivity contribution >= 4 is 22.8 Å². The third kappa shape index (κ3) is 2.77. The van der Waals surface area contributed by atoms with Crippen molar-refractivity contribution < 1.29 is 0 Å². The highest BCUT2D eigenvalue weighted by Gasteiger charge is 1.93. The molecule has 0 aliphatic heterocycles. The molecule has 0 bridgehead atoms. The lowest BCUT2D eigenvalue weighted by Gasteiger charge is -2.00. The molecule has 1 aromatic heterocycles. The van der Waals surface area contributed by atoms with Crippen LogP contribution in [0.25, 0.3) is 10.8 Å². The van der Waals surface area contributed by atoms with Gasteiger partial charge in [0.05, 0.1) is 6.21 Å². The fourth-order valence-electron chi connectivity index (χ4n) is 1.89. The fraction of sp³-hybridized carbons (Fsp3) is 0. The number of nitrogens with zero attached hydrogens (tertiary/aromatic N) is 2. The summed E-state index contributed by atoms with van der Waals surface area (Å²) in [6, 6.07) is 20.2. The van der Waals surface area contributed by atoms with Crippen LogP contribution in [-0.4, -0.2) is 11.2 Å². The van der Waals surface area contributed by atoms with E-state index in [0.717, 1.165) is 11.4 Å². The number of benzene rings is 2. The van der Waals surface area contributed by atoms with Gasteiger partial charge in [0.25, 0.3) is 0 Å². The van der Waals surface area contributed by atoms with E-state index >= 15 is 0 Å². The zero-order valence-corrected chi connectivity index (χ0v) is 10.3. The van der Waals surface area contributed by atoms with E-state index in [0.29, 0.717) is 0 Å². The van der Waals surface area contributed by atoms with Crippen LogP contribution < -0.4 is 5.43 Å². The maximum Gasteiger partial charge on any atom is 0.146 e. The molecule has 92 valence electrons. The molecule has 0 saturated heterocycles. The number of pyridine rings is 1. The maximum absolute atomic E-state index is 4.18. The van der Waals surface area contributed by atoms with Crippen LogP contribution in [0.3, 0.4) is 0 Å². The van der Waals surface area contributed by atoms with E-state index in [2.05, 4.69) is 39.8 Å². The number of aromatic nitrogens is 1. The minimum Gasteiger partial charge on any atom is -0.261 e. The van der Waals surface area contributed by atoms with Crippen LogP contribution in [0.1, 0.15) is 5.56 Å². The summed E-state index contributed by atoms with van der Waals surface area (Å²) in [6.45, 7) is 0. The molecule has 3 rings (SSSR count). The highest BCUT2D eigenvalue weighted by Crippen LogP contribution is 2.14. The summed E-state index contributed by atoms with van der Waals surface area (Å²) in [6.07, 6.45) is 3.52. The molecule has 0 radical (unpaired) electrons. The zero-order valence-electron chi connectivity index (χ0n) is 10.3. The Kier molecular flexibility index (Phi) is 3.19. The first-order chi connectivity index (χ1) is 9.42. The van der Waals surface area contributed by atoms with Crippen molar-refractivity contribution in [2.45, 2.75) is 0 Å². The lowest BCUT2D eigenvalue weighted by atomic mass is 10.1. The molecule has 3 aromatic rings. The number of anilines is 1. The summed E-state index contributed by atoms with van der Waals surface area (Å²) >= 11 is 0. The van der Waals surface area contributed by atoms with Crippen LogP contribution in [0.2, 0.25) is 0 Å². The van der Waals surface area contributed by atoms with Gasteiger partial charge in [-0.05, 0) is 34.5 Å². The normalized spacial score (nSPS) is 10.9. The Hall–Kier alpha value is -2.68. The molecule has 19 heavy (non-hydrogen) atoms. The quantitative estimate of drug-likeness (QED) is 0.566. The number of hydrazone groups is 1. The van der Waals surface area contributed by atoms with Gasteiger partial charge >= 0.3 is 0 Å². The van der Waals surface area contributed by atoms with Gasteiger partial charge in [-0.3, -0.25) is 5.43 Å². The molecule has 1 N–H and O–H groups in total. The first kappa shape index (κ1) is 11.4. The molecule has 0 unspecified atom stereocenters. The fourth-order valence-corrected chi connectivity index (χ4v) is 1.89.